The number of carbonyl (C=O) groups excluding carboxylic acids is 1. The van der Waals surface area contributed by atoms with Crippen molar-refractivity contribution in [2.45, 2.75) is 6.92 Å². The highest BCUT2D eigenvalue weighted by molar-refractivity contribution is 6.04. The number of amides is 1. The van der Waals surface area contributed by atoms with Crippen molar-refractivity contribution in [1.82, 2.24) is 0 Å². The van der Waals surface area contributed by atoms with Gasteiger partial charge in [0.05, 0.1) is 5.69 Å². The fourth-order valence-corrected chi connectivity index (χ4v) is 2.11. The number of nitrogens with one attached hydrogen (secondary N) is 1. The van der Waals surface area contributed by atoms with Crippen molar-refractivity contribution in [3.05, 3.63) is 53.3 Å². The molecule has 2 aromatic rings. The van der Waals surface area contributed by atoms with Gasteiger partial charge in [0.25, 0.3) is 5.91 Å². The molecule has 3 rings (SSSR count). The minimum Gasteiger partial charge on any atom is -0.486 e. The molecule has 5 heteroatoms. The minimum atomic E-state index is -0.466. The molecule has 21 heavy (non-hydrogen) atoms. The van der Waals surface area contributed by atoms with E-state index in [1.165, 1.54) is 6.07 Å². The fourth-order valence-electron chi connectivity index (χ4n) is 2.11. The molecule has 0 saturated heterocycles. The molecule has 0 unspecified atom stereocenters. The van der Waals surface area contributed by atoms with E-state index in [2.05, 4.69) is 5.32 Å². The molecule has 1 aliphatic heterocycles. The Morgan fingerprint density at radius 2 is 1.86 bits per heavy atom. The molecular weight excluding hydrogens is 273 g/mol. The molecule has 0 saturated carbocycles. The summed E-state index contributed by atoms with van der Waals surface area (Å²) in [6.07, 6.45) is 0. The molecular formula is C16H14FNO3. The van der Waals surface area contributed by atoms with Crippen molar-refractivity contribution in [2.75, 3.05) is 18.5 Å². The van der Waals surface area contributed by atoms with Gasteiger partial charge in [-0.1, -0.05) is 6.07 Å². The first-order chi connectivity index (χ1) is 10.1. The Balaban J connectivity index is 1.83. The average Bonchev–Trinajstić information content (AvgIpc) is 2.50. The van der Waals surface area contributed by atoms with Crippen LogP contribution in [0.15, 0.2) is 36.4 Å². The van der Waals surface area contributed by atoms with Crippen LogP contribution < -0.4 is 14.8 Å². The average molecular weight is 287 g/mol. The molecule has 1 heterocycles. The van der Waals surface area contributed by atoms with Crippen molar-refractivity contribution in [3.63, 3.8) is 0 Å². The van der Waals surface area contributed by atoms with Crippen LogP contribution in [0.1, 0.15) is 15.9 Å². The number of ether oxygens (including phenoxy) is 2. The van der Waals surface area contributed by atoms with Gasteiger partial charge in [-0.2, -0.15) is 0 Å². The zero-order chi connectivity index (χ0) is 14.8. The Kier molecular flexibility index (Phi) is 3.48. The summed E-state index contributed by atoms with van der Waals surface area (Å²) in [5.41, 5.74) is 1.42. The third-order valence-corrected chi connectivity index (χ3v) is 3.17. The maximum Gasteiger partial charge on any atom is 0.255 e. The first-order valence-electron chi connectivity index (χ1n) is 6.60. The highest BCUT2D eigenvalue weighted by Crippen LogP contribution is 2.31. The Hall–Kier alpha value is -2.56. The number of aryl methyl sites for hydroxylation is 1. The van der Waals surface area contributed by atoms with Gasteiger partial charge in [0.15, 0.2) is 11.5 Å². The molecule has 0 spiro atoms. The largest absolute Gasteiger partial charge is 0.486 e. The maximum atomic E-state index is 13.7. The van der Waals surface area contributed by atoms with E-state index in [1.807, 2.05) is 6.92 Å². The molecule has 1 amide bonds. The van der Waals surface area contributed by atoms with Crippen LogP contribution in [0.25, 0.3) is 0 Å². The first-order valence-corrected chi connectivity index (χ1v) is 6.60. The SMILES string of the molecule is Cc1ccc(F)c(NC(=O)c2ccc3c(c2)OCCO3)c1. The lowest BCUT2D eigenvalue weighted by Crippen LogP contribution is -2.17. The molecule has 0 fully saturated rings. The number of halogens is 1. The summed E-state index contributed by atoms with van der Waals surface area (Å²) in [4.78, 5) is 12.2. The summed E-state index contributed by atoms with van der Waals surface area (Å²) in [5.74, 6) is 0.279. The fraction of sp³-hybridized carbons (Fsp3) is 0.188. The third kappa shape index (κ3) is 2.81. The number of anilines is 1. The maximum absolute atomic E-state index is 13.7. The van der Waals surface area contributed by atoms with Crippen molar-refractivity contribution in [3.8, 4) is 11.5 Å². The summed E-state index contributed by atoms with van der Waals surface area (Å²) in [6.45, 7) is 2.77. The molecule has 0 radical (unpaired) electrons. The van der Waals surface area contributed by atoms with Gasteiger partial charge in [0, 0.05) is 5.56 Å². The summed E-state index contributed by atoms with van der Waals surface area (Å²) < 4.78 is 24.5. The highest BCUT2D eigenvalue weighted by atomic mass is 19.1. The highest BCUT2D eigenvalue weighted by Gasteiger charge is 2.16. The van der Waals surface area contributed by atoms with Crippen LogP contribution in [0.2, 0.25) is 0 Å². The van der Waals surface area contributed by atoms with E-state index >= 15 is 0 Å². The third-order valence-electron chi connectivity index (χ3n) is 3.17. The van der Waals surface area contributed by atoms with E-state index < -0.39 is 11.7 Å². The van der Waals surface area contributed by atoms with E-state index in [0.29, 0.717) is 30.3 Å². The Morgan fingerprint density at radius 3 is 2.67 bits per heavy atom. The second kappa shape index (κ2) is 5.44. The van der Waals surface area contributed by atoms with Crippen molar-refractivity contribution in [1.29, 1.82) is 0 Å². The lowest BCUT2D eigenvalue weighted by Gasteiger charge is -2.18. The van der Waals surface area contributed by atoms with Crippen LogP contribution in [0.3, 0.4) is 0 Å². The summed E-state index contributed by atoms with van der Waals surface area (Å²) >= 11 is 0. The predicted octanol–water partition coefficient (Wildman–Crippen LogP) is 3.16. The molecule has 108 valence electrons. The number of benzene rings is 2. The Bertz CT molecular complexity index is 700. The van der Waals surface area contributed by atoms with E-state index in [0.717, 1.165) is 5.56 Å². The van der Waals surface area contributed by atoms with E-state index in [-0.39, 0.29) is 5.69 Å². The number of fused-ring (bicyclic) bond motifs is 1. The van der Waals surface area contributed by atoms with E-state index in [9.17, 15) is 9.18 Å². The molecule has 0 atom stereocenters. The van der Waals surface area contributed by atoms with Gasteiger partial charge >= 0.3 is 0 Å². The minimum absolute atomic E-state index is 0.162. The predicted molar refractivity (Wildman–Crippen MR) is 76.5 cm³/mol. The molecule has 0 bridgehead atoms. The summed E-state index contributed by atoms with van der Waals surface area (Å²) in [6, 6.07) is 9.46. The van der Waals surface area contributed by atoms with Gasteiger partial charge in [-0.25, -0.2) is 4.39 Å². The van der Waals surface area contributed by atoms with E-state index in [1.54, 1.807) is 30.3 Å². The topological polar surface area (TPSA) is 47.6 Å². The zero-order valence-corrected chi connectivity index (χ0v) is 11.5. The normalized spacial score (nSPS) is 12.9. The molecule has 0 aromatic heterocycles. The lowest BCUT2D eigenvalue weighted by atomic mass is 10.1. The van der Waals surface area contributed by atoms with Gasteiger partial charge in [-0.3, -0.25) is 4.79 Å². The summed E-state index contributed by atoms with van der Waals surface area (Å²) in [5, 5.41) is 2.56. The van der Waals surface area contributed by atoms with Gasteiger partial charge < -0.3 is 14.8 Å². The summed E-state index contributed by atoms with van der Waals surface area (Å²) in [7, 11) is 0. The van der Waals surface area contributed by atoms with Crippen LogP contribution in [-0.4, -0.2) is 19.1 Å². The smallest absolute Gasteiger partial charge is 0.255 e. The van der Waals surface area contributed by atoms with Crippen molar-refractivity contribution in [2.24, 2.45) is 0 Å². The van der Waals surface area contributed by atoms with Crippen LogP contribution >= 0.6 is 0 Å². The Morgan fingerprint density at radius 1 is 1.10 bits per heavy atom. The van der Waals surface area contributed by atoms with Gasteiger partial charge in [-0.05, 0) is 42.8 Å². The van der Waals surface area contributed by atoms with Crippen molar-refractivity contribution >= 4 is 11.6 Å². The van der Waals surface area contributed by atoms with Crippen LogP contribution in [0.5, 0.6) is 11.5 Å². The lowest BCUT2D eigenvalue weighted by molar-refractivity contribution is 0.102. The zero-order valence-electron chi connectivity index (χ0n) is 11.5. The van der Waals surface area contributed by atoms with Crippen LogP contribution in [-0.2, 0) is 0 Å². The van der Waals surface area contributed by atoms with Crippen LogP contribution in [0, 0.1) is 12.7 Å². The van der Waals surface area contributed by atoms with Crippen molar-refractivity contribution < 1.29 is 18.7 Å². The van der Waals surface area contributed by atoms with Gasteiger partial charge in [0.2, 0.25) is 0 Å². The van der Waals surface area contributed by atoms with E-state index in [4.69, 9.17) is 9.47 Å². The number of hydrogen-bond donors (Lipinski definition) is 1. The molecule has 4 nitrogen and oxygen atoms in total. The first kappa shape index (κ1) is 13.4. The monoisotopic (exact) mass is 287 g/mol. The second-order valence-electron chi connectivity index (χ2n) is 4.80. The van der Waals surface area contributed by atoms with Gasteiger partial charge in [-0.15, -0.1) is 0 Å². The Labute approximate surface area is 121 Å². The second-order valence-corrected chi connectivity index (χ2v) is 4.80. The quantitative estimate of drug-likeness (QED) is 0.923. The molecule has 2 aromatic carbocycles. The standard InChI is InChI=1S/C16H14FNO3/c1-10-2-4-12(17)13(8-10)18-16(19)11-3-5-14-15(9-11)21-7-6-20-14/h2-5,8-9H,6-7H2,1H3,(H,18,19). The molecule has 0 aliphatic carbocycles. The number of carbonyl (C=O) groups is 1. The van der Waals surface area contributed by atoms with Gasteiger partial charge in [0.1, 0.15) is 19.0 Å². The number of rotatable bonds is 2. The molecule has 1 aliphatic rings. The van der Waals surface area contributed by atoms with Crippen LogP contribution in [0.4, 0.5) is 10.1 Å². The number of hydrogen-bond acceptors (Lipinski definition) is 3. The molecule has 1 N–H and O–H groups in total.